The first-order chi connectivity index (χ1) is 18.2. The van der Waals surface area contributed by atoms with Gasteiger partial charge in [-0.2, -0.15) is 0 Å². The average Bonchev–Trinajstić information content (AvgIpc) is 3.38. The Morgan fingerprint density at radius 3 is 2.66 bits per heavy atom. The Kier molecular flexibility index (Phi) is 14.4. The number of rotatable bonds is 15. The smallest absolute Gasteiger partial charge is 0.320 e. The molecule has 11 heteroatoms. The summed E-state index contributed by atoms with van der Waals surface area (Å²) >= 11 is 0. The van der Waals surface area contributed by atoms with Crippen molar-refractivity contribution in [3.63, 3.8) is 0 Å². The van der Waals surface area contributed by atoms with Crippen molar-refractivity contribution in [3.8, 4) is 0 Å². The summed E-state index contributed by atoms with van der Waals surface area (Å²) in [6.45, 7) is 16.2. The fourth-order valence-electron chi connectivity index (χ4n) is 3.06. The molecule has 2 unspecified atom stereocenters. The standard InChI is InChI=1S/C27H42N8O3/c1-8-10-11-12-19(4)25-34-35-26(38-25)21(6)16-23(32-27(37)30-9-2)31-14-13-18(3)20(5)15-22(17-29-7)24(36)33-28/h8,10,13-18,26,29,31,35H,4,6,9,11-12,28H2,1-3,5,7H3,(H,33,36)(H2,30,32,37)/b10-8-,14-13+,20-15+,22-17+,23-16+. The highest BCUT2D eigenvalue weighted by atomic mass is 16.5. The first kappa shape index (κ1) is 31.8. The minimum absolute atomic E-state index is 0.0355. The summed E-state index contributed by atoms with van der Waals surface area (Å²) in [5.74, 6) is 5.64. The number of carbonyl (C=O) groups excluding carboxylic acids is 2. The van der Waals surface area contributed by atoms with Crippen molar-refractivity contribution in [2.75, 3.05) is 13.6 Å². The average molecular weight is 527 g/mol. The van der Waals surface area contributed by atoms with E-state index in [4.69, 9.17) is 10.6 Å². The predicted molar refractivity (Wildman–Crippen MR) is 153 cm³/mol. The van der Waals surface area contributed by atoms with Crippen molar-refractivity contribution in [2.24, 2.45) is 16.9 Å². The number of urea groups is 1. The summed E-state index contributed by atoms with van der Waals surface area (Å²) in [4.78, 5) is 24.1. The molecule has 8 N–H and O–H groups in total. The summed E-state index contributed by atoms with van der Waals surface area (Å²) in [6, 6.07) is -0.374. The maximum atomic E-state index is 12.2. The molecule has 3 amide bonds. The van der Waals surface area contributed by atoms with Crippen LogP contribution in [0.3, 0.4) is 0 Å². The van der Waals surface area contributed by atoms with Crippen molar-refractivity contribution in [2.45, 2.75) is 46.8 Å². The molecule has 0 spiro atoms. The number of hydrogen-bond donors (Lipinski definition) is 7. The van der Waals surface area contributed by atoms with Gasteiger partial charge in [0.2, 0.25) is 12.1 Å². The van der Waals surface area contributed by atoms with Crippen LogP contribution in [0.5, 0.6) is 0 Å². The Morgan fingerprint density at radius 1 is 1.29 bits per heavy atom. The van der Waals surface area contributed by atoms with Crippen molar-refractivity contribution in [1.29, 1.82) is 0 Å². The van der Waals surface area contributed by atoms with Gasteiger partial charge in [-0.3, -0.25) is 21.0 Å². The lowest BCUT2D eigenvalue weighted by molar-refractivity contribution is -0.117. The molecule has 0 aromatic rings. The van der Waals surface area contributed by atoms with Crippen molar-refractivity contribution < 1.29 is 14.3 Å². The van der Waals surface area contributed by atoms with Crippen LogP contribution in [0.4, 0.5) is 4.79 Å². The first-order valence-electron chi connectivity index (χ1n) is 12.4. The van der Waals surface area contributed by atoms with E-state index >= 15 is 0 Å². The van der Waals surface area contributed by atoms with Crippen LogP contribution in [0.1, 0.15) is 40.5 Å². The summed E-state index contributed by atoms with van der Waals surface area (Å²) in [6.07, 6.45) is 13.6. The Hall–Kier alpha value is -4.25. The lowest BCUT2D eigenvalue weighted by Crippen LogP contribution is -2.38. The summed E-state index contributed by atoms with van der Waals surface area (Å²) in [7, 11) is 1.70. The van der Waals surface area contributed by atoms with Gasteiger partial charge in [0.1, 0.15) is 5.82 Å². The maximum absolute atomic E-state index is 12.2. The highest BCUT2D eigenvalue weighted by molar-refractivity contribution is 5.95. The number of carbonyl (C=O) groups is 2. The molecular formula is C27H42N8O3. The molecule has 1 aliphatic rings. The van der Waals surface area contributed by atoms with Crippen molar-refractivity contribution in [3.05, 3.63) is 84.1 Å². The van der Waals surface area contributed by atoms with E-state index in [0.717, 1.165) is 24.0 Å². The third-order valence-corrected chi connectivity index (χ3v) is 5.33. The lowest BCUT2D eigenvalue weighted by atomic mass is 10.00. The van der Waals surface area contributed by atoms with Crippen molar-refractivity contribution in [1.82, 2.24) is 32.1 Å². The summed E-state index contributed by atoms with van der Waals surface area (Å²) < 4.78 is 5.87. The molecule has 0 aliphatic carbocycles. The Balaban J connectivity index is 2.92. The van der Waals surface area contributed by atoms with Crippen LogP contribution >= 0.6 is 0 Å². The molecule has 0 fully saturated rings. The molecule has 0 aromatic carbocycles. The first-order valence-corrected chi connectivity index (χ1v) is 12.4. The van der Waals surface area contributed by atoms with E-state index in [1.807, 2.05) is 39.8 Å². The highest BCUT2D eigenvalue weighted by Gasteiger charge is 2.23. The molecule has 0 bridgehead atoms. The highest BCUT2D eigenvalue weighted by Crippen LogP contribution is 2.17. The SMILES string of the molecule is C=C(CC/C=C\C)C1=NNC(C(=C)/C=C(\N/C=C/C(C)/C(C)=C/C(=C\NC)C(=O)NN)NC(=O)NCC)O1. The molecule has 208 valence electrons. The third kappa shape index (κ3) is 11.2. The number of amides is 3. The molecule has 1 rings (SSSR count). The fourth-order valence-corrected chi connectivity index (χ4v) is 3.06. The molecule has 0 aromatic heterocycles. The van der Waals surface area contributed by atoms with Gasteiger partial charge in [0.25, 0.3) is 5.91 Å². The number of nitrogens with one attached hydrogen (secondary N) is 6. The molecule has 0 saturated heterocycles. The van der Waals surface area contributed by atoms with Gasteiger partial charge in [-0.25, -0.2) is 10.6 Å². The number of ether oxygens (including phenoxy) is 1. The van der Waals surface area contributed by atoms with E-state index in [1.165, 1.54) is 0 Å². The van der Waals surface area contributed by atoms with Gasteiger partial charge in [-0.15, -0.1) is 5.10 Å². The second-order valence-electron chi connectivity index (χ2n) is 8.41. The van der Waals surface area contributed by atoms with E-state index in [0.29, 0.717) is 29.4 Å². The number of nitrogens with two attached hydrogens (primary N) is 1. The van der Waals surface area contributed by atoms with E-state index in [2.05, 4.69) is 56.5 Å². The zero-order valence-electron chi connectivity index (χ0n) is 23.0. The summed E-state index contributed by atoms with van der Waals surface area (Å²) in [5.41, 5.74) is 7.66. The molecule has 0 saturated carbocycles. The van der Waals surface area contributed by atoms with Gasteiger partial charge in [-0.05, 0) is 57.9 Å². The normalized spacial score (nSPS) is 16.8. The van der Waals surface area contributed by atoms with Crippen LogP contribution in [0.15, 0.2) is 89.2 Å². The van der Waals surface area contributed by atoms with Crippen LogP contribution < -0.4 is 38.0 Å². The second kappa shape index (κ2) is 17.2. The number of hydrazine groups is 1. The van der Waals surface area contributed by atoms with Gasteiger partial charge in [0, 0.05) is 30.9 Å². The molecule has 11 nitrogen and oxygen atoms in total. The zero-order valence-corrected chi connectivity index (χ0v) is 23.0. The van der Waals surface area contributed by atoms with E-state index in [1.54, 1.807) is 31.6 Å². The minimum Gasteiger partial charge on any atom is -0.447 e. The van der Waals surface area contributed by atoms with Crippen molar-refractivity contribution >= 4 is 17.8 Å². The Labute approximate surface area is 225 Å². The molecule has 38 heavy (non-hydrogen) atoms. The molecule has 1 aliphatic heterocycles. The number of hydrazone groups is 1. The van der Waals surface area contributed by atoms with Gasteiger partial charge in [-0.1, -0.05) is 43.9 Å². The van der Waals surface area contributed by atoms with Gasteiger partial charge < -0.3 is 20.7 Å². The topological polar surface area (TPSA) is 154 Å². The molecule has 2 atom stereocenters. The molecule has 0 radical (unpaired) electrons. The molecular weight excluding hydrogens is 484 g/mol. The zero-order chi connectivity index (χ0) is 28.5. The predicted octanol–water partition coefficient (Wildman–Crippen LogP) is 2.65. The van der Waals surface area contributed by atoms with Gasteiger partial charge >= 0.3 is 6.03 Å². The lowest BCUT2D eigenvalue weighted by Gasteiger charge is -2.15. The number of hydrogen-bond acceptors (Lipinski definition) is 8. The third-order valence-electron chi connectivity index (χ3n) is 5.33. The van der Waals surface area contributed by atoms with E-state index in [9.17, 15) is 9.59 Å². The van der Waals surface area contributed by atoms with E-state index in [-0.39, 0.29) is 11.9 Å². The van der Waals surface area contributed by atoms with Gasteiger partial charge in [0.15, 0.2) is 0 Å². The fraction of sp³-hybridized carbons (Fsp3) is 0.370. The quantitative estimate of drug-likeness (QED) is 0.0432. The van der Waals surface area contributed by atoms with Crippen LogP contribution in [0, 0.1) is 5.92 Å². The monoisotopic (exact) mass is 526 g/mol. The Morgan fingerprint density at radius 2 is 2.03 bits per heavy atom. The van der Waals surface area contributed by atoms with Gasteiger partial charge in [0.05, 0.1) is 5.57 Å². The van der Waals surface area contributed by atoms with Crippen LogP contribution in [-0.4, -0.2) is 37.7 Å². The summed E-state index contributed by atoms with van der Waals surface area (Å²) in [5, 5.41) is 15.6. The Bertz CT molecular complexity index is 1040. The van der Waals surface area contributed by atoms with Crippen LogP contribution in [-0.2, 0) is 9.53 Å². The van der Waals surface area contributed by atoms with E-state index < -0.39 is 12.1 Å². The number of nitrogens with zero attached hydrogens (tertiary/aromatic N) is 1. The largest absolute Gasteiger partial charge is 0.447 e. The van der Waals surface area contributed by atoms with Crippen LogP contribution in [0.2, 0.25) is 0 Å². The van der Waals surface area contributed by atoms with Crippen LogP contribution in [0.25, 0.3) is 0 Å². The molecule has 1 heterocycles. The minimum atomic E-state index is -0.601. The maximum Gasteiger partial charge on any atom is 0.320 e. The second-order valence-corrected chi connectivity index (χ2v) is 8.41. The number of allylic oxidation sites excluding steroid dienone is 4.